The van der Waals surface area contributed by atoms with Gasteiger partial charge in [-0.1, -0.05) is 42.5 Å². The first-order valence-corrected chi connectivity index (χ1v) is 13.8. The Morgan fingerprint density at radius 1 is 1.00 bits per heavy atom. The molecule has 5 rings (SSSR count). The molecular weight excluding hydrogens is 468 g/mol. The molecule has 0 atom stereocenters. The molecule has 0 saturated carbocycles. The molecule has 1 fully saturated rings. The van der Waals surface area contributed by atoms with E-state index in [0.29, 0.717) is 12.3 Å². The van der Waals surface area contributed by atoms with Crippen molar-refractivity contribution < 1.29 is 9.21 Å². The van der Waals surface area contributed by atoms with Crippen molar-refractivity contribution in [3.8, 4) is 0 Å². The number of fused-ring (bicyclic) bond motifs is 1. The highest BCUT2D eigenvalue weighted by atomic mass is 32.2. The minimum atomic E-state index is -0.190. The number of anilines is 1. The quantitative estimate of drug-likeness (QED) is 0.350. The van der Waals surface area contributed by atoms with Gasteiger partial charge in [0.15, 0.2) is 11.3 Å². The van der Waals surface area contributed by atoms with Gasteiger partial charge in [0.25, 0.3) is 5.91 Å². The number of carbonyl (C=O) groups excluding carboxylic acids is 1. The maximum Gasteiger partial charge on any atom is 0.287 e. The number of hydrogen-bond acceptors (Lipinski definition) is 6. The number of rotatable bonds is 9. The van der Waals surface area contributed by atoms with Crippen LogP contribution in [0.1, 0.15) is 27.4 Å². The van der Waals surface area contributed by atoms with Crippen molar-refractivity contribution in [2.75, 3.05) is 43.9 Å². The van der Waals surface area contributed by atoms with Crippen LogP contribution in [0.3, 0.4) is 0 Å². The number of pyridine rings is 1. The Labute approximate surface area is 216 Å². The average Bonchev–Trinajstić information content (AvgIpc) is 3.37. The molecule has 1 aliphatic rings. The molecular formula is C29H32N4O2S. The molecule has 6 nitrogen and oxygen atoms in total. The van der Waals surface area contributed by atoms with E-state index in [1.54, 1.807) is 11.8 Å². The number of aromatic nitrogens is 1. The van der Waals surface area contributed by atoms with E-state index in [-0.39, 0.29) is 5.91 Å². The Balaban J connectivity index is 1.19. The Morgan fingerprint density at radius 3 is 2.56 bits per heavy atom. The second-order valence-corrected chi connectivity index (χ2v) is 10.0. The van der Waals surface area contributed by atoms with Gasteiger partial charge in [0.2, 0.25) is 0 Å². The van der Waals surface area contributed by atoms with E-state index in [1.165, 1.54) is 5.56 Å². The van der Waals surface area contributed by atoms with Crippen molar-refractivity contribution in [3.05, 3.63) is 95.5 Å². The van der Waals surface area contributed by atoms with Gasteiger partial charge in [-0.2, -0.15) is 11.8 Å². The molecule has 3 heterocycles. The van der Waals surface area contributed by atoms with Crippen molar-refractivity contribution >= 4 is 34.3 Å². The van der Waals surface area contributed by atoms with E-state index in [1.807, 2.05) is 36.5 Å². The standard InChI is InChI=1S/C29H32N4O2S/c1-36-21-23-10-8-22(9-11-23)20-31-29(34)27-19-24-5-4-7-26(28(24)35-27)33-17-15-32(16-18-33)14-12-25-6-2-3-13-30-25/h2-11,13,19H,12,14-18,20-21H2,1H3,(H,31,34). The van der Waals surface area contributed by atoms with E-state index < -0.39 is 0 Å². The van der Waals surface area contributed by atoms with Gasteiger partial charge in [0.1, 0.15) is 0 Å². The molecule has 0 radical (unpaired) electrons. The topological polar surface area (TPSA) is 61.6 Å². The zero-order valence-corrected chi connectivity index (χ0v) is 21.5. The summed E-state index contributed by atoms with van der Waals surface area (Å²) < 4.78 is 6.11. The fourth-order valence-corrected chi connectivity index (χ4v) is 5.15. The van der Waals surface area contributed by atoms with Crippen LogP contribution in [-0.2, 0) is 18.7 Å². The number of amides is 1. The summed E-state index contributed by atoms with van der Waals surface area (Å²) in [5.74, 6) is 1.16. The van der Waals surface area contributed by atoms with Crippen LogP contribution in [0.15, 0.2) is 77.3 Å². The summed E-state index contributed by atoms with van der Waals surface area (Å²) in [4.78, 5) is 22.1. The maximum absolute atomic E-state index is 12.8. The van der Waals surface area contributed by atoms with Crippen molar-refractivity contribution in [3.63, 3.8) is 0 Å². The Kier molecular flexibility index (Phi) is 7.88. The minimum absolute atomic E-state index is 0.190. The molecule has 0 bridgehead atoms. The smallest absolute Gasteiger partial charge is 0.287 e. The number of thioether (sulfide) groups is 1. The number of nitrogens with one attached hydrogen (secondary N) is 1. The van der Waals surface area contributed by atoms with E-state index in [4.69, 9.17) is 4.42 Å². The van der Waals surface area contributed by atoms with Gasteiger partial charge >= 0.3 is 0 Å². The van der Waals surface area contributed by atoms with E-state index in [9.17, 15) is 4.79 Å². The van der Waals surface area contributed by atoms with E-state index in [0.717, 1.165) is 72.8 Å². The lowest BCUT2D eigenvalue weighted by molar-refractivity contribution is 0.0925. The molecule has 7 heteroatoms. The first-order chi connectivity index (χ1) is 17.7. The van der Waals surface area contributed by atoms with Gasteiger partial charge in [-0.05, 0) is 41.6 Å². The molecule has 0 unspecified atom stereocenters. The first kappa shape index (κ1) is 24.4. The monoisotopic (exact) mass is 500 g/mol. The molecule has 0 spiro atoms. The van der Waals surface area contributed by atoms with Gasteiger partial charge in [0, 0.05) is 68.7 Å². The summed E-state index contributed by atoms with van der Waals surface area (Å²) in [6, 6.07) is 22.4. The largest absolute Gasteiger partial charge is 0.449 e. The lowest BCUT2D eigenvalue weighted by atomic mass is 10.1. The number of benzene rings is 2. The van der Waals surface area contributed by atoms with Crippen molar-refractivity contribution in [2.24, 2.45) is 0 Å². The van der Waals surface area contributed by atoms with Crippen LogP contribution in [0.2, 0.25) is 0 Å². The number of hydrogen-bond donors (Lipinski definition) is 1. The van der Waals surface area contributed by atoms with Crippen LogP contribution in [0, 0.1) is 0 Å². The fraction of sp³-hybridized carbons (Fsp3) is 0.310. The number of piperazine rings is 1. The maximum atomic E-state index is 12.8. The predicted molar refractivity (Wildman–Crippen MR) is 148 cm³/mol. The summed E-state index contributed by atoms with van der Waals surface area (Å²) in [7, 11) is 0. The molecule has 4 aromatic rings. The van der Waals surface area contributed by atoms with Crippen molar-refractivity contribution in [1.82, 2.24) is 15.2 Å². The van der Waals surface area contributed by atoms with Crippen molar-refractivity contribution in [2.45, 2.75) is 18.7 Å². The van der Waals surface area contributed by atoms with Gasteiger partial charge < -0.3 is 14.6 Å². The molecule has 1 amide bonds. The Morgan fingerprint density at radius 2 is 1.81 bits per heavy atom. The zero-order chi connectivity index (χ0) is 24.7. The van der Waals surface area contributed by atoms with Crippen LogP contribution < -0.4 is 10.2 Å². The minimum Gasteiger partial charge on any atom is -0.449 e. The third-order valence-corrected chi connectivity index (χ3v) is 7.28. The fourth-order valence-electron chi connectivity index (χ4n) is 4.63. The zero-order valence-electron chi connectivity index (χ0n) is 20.7. The molecule has 2 aromatic heterocycles. The molecule has 2 aromatic carbocycles. The molecule has 0 aliphatic carbocycles. The van der Waals surface area contributed by atoms with Crippen LogP contribution in [0.5, 0.6) is 0 Å². The summed E-state index contributed by atoms with van der Waals surface area (Å²) >= 11 is 1.80. The Bertz CT molecular complexity index is 1280. The van der Waals surface area contributed by atoms with E-state index >= 15 is 0 Å². The first-order valence-electron chi connectivity index (χ1n) is 12.4. The number of para-hydroxylation sites is 1. The van der Waals surface area contributed by atoms with Crippen molar-refractivity contribution in [1.29, 1.82) is 0 Å². The summed E-state index contributed by atoms with van der Waals surface area (Å²) in [6.45, 7) is 5.33. The van der Waals surface area contributed by atoms with Crippen LogP contribution in [0.25, 0.3) is 11.0 Å². The lowest BCUT2D eigenvalue weighted by Gasteiger charge is -2.36. The number of nitrogens with zero attached hydrogens (tertiary/aromatic N) is 3. The van der Waals surface area contributed by atoms with Crippen LogP contribution in [-0.4, -0.2) is 54.8 Å². The highest BCUT2D eigenvalue weighted by Gasteiger charge is 2.21. The van der Waals surface area contributed by atoms with Gasteiger partial charge in [-0.15, -0.1) is 0 Å². The average molecular weight is 501 g/mol. The summed E-state index contributed by atoms with van der Waals surface area (Å²) in [6.07, 6.45) is 4.92. The van der Waals surface area contributed by atoms with Gasteiger partial charge in [-0.25, -0.2) is 0 Å². The second kappa shape index (κ2) is 11.6. The number of carbonyl (C=O) groups is 1. The number of furan rings is 1. The second-order valence-electron chi connectivity index (χ2n) is 9.14. The summed E-state index contributed by atoms with van der Waals surface area (Å²) in [5.41, 5.74) is 5.34. The Hall–Kier alpha value is -3.29. The lowest BCUT2D eigenvalue weighted by Crippen LogP contribution is -2.47. The molecule has 1 aliphatic heterocycles. The van der Waals surface area contributed by atoms with Gasteiger partial charge in [0.05, 0.1) is 5.69 Å². The normalized spacial score (nSPS) is 14.3. The molecule has 1 N–H and O–H groups in total. The van der Waals surface area contributed by atoms with Crippen LogP contribution in [0.4, 0.5) is 5.69 Å². The molecule has 186 valence electrons. The SMILES string of the molecule is CSCc1ccc(CNC(=O)c2cc3cccc(N4CCN(CCc5ccccn5)CC4)c3o2)cc1. The molecule has 1 saturated heterocycles. The summed E-state index contributed by atoms with van der Waals surface area (Å²) in [5, 5.41) is 3.95. The van der Waals surface area contributed by atoms with Crippen LogP contribution >= 0.6 is 11.8 Å². The predicted octanol–water partition coefficient (Wildman–Crippen LogP) is 4.99. The third-order valence-electron chi connectivity index (χ3n) is 6.66. The highest BCUT2D eigenvalue weighted by Crippen LogP contribution is 2.30. The van der Waals surface area contributed by atoms with E-state index in [2.05, 4.69) is 62.8 Å². The van der Waals surface area contributed by atoms with Gasteiger partial charge in [-0.3, -0.25) is 14.7 Å². The third kappa shape index (κ3) is 5.91. The molecule has 36 heavy (non-hydrogen) atoms. The highest BCUT2D eigenvalue weighted by molar-refractivity contribution is 7.97.